The Labute approximate surface area is 149 Å². The van der Waals surface area contributed by atoms with Gasteiger partial charge in [-0.25, -0.2) is 4.39 Å². The Hall–Kier alpha value is -3.54. The second-order valence-corrected chi connectivity index (χ2v) is 5.84. The number of benzene rings is 2. The Morgan fingerprint density at radius 1 is 1.00 bits per heavy atom. The van der Waals surface area contributed by atoms with E-state index < -0.39 is 0 Å². The first-order chi connectivity index (χ1) is 12.7. The summed E-state index contributed by atoms with van der Waals surface area (Å²) >= 11 is 0. The van der Waals surface area contributed by atoms with Crippen molar-refractivity contribution in [3.8, 4) is 11.4 Å². The number of aromatic nitrogens is 3. The van der Waals surface area contributed by atoms with E-state index in [4.69, 9.17) is 0 Å². The molecule has 6 heteroatoms. The molecule has 0 unspecified atom stereocenters. The molecule has 0 aliphatic carbocycles. The SMILES string of the molecule is O=C(NCc1ccc(F)cc1)c1ccn2c(-c3ccccc3)nnc2c1. The van der Waals surface area contributed by atoms with Gasteiger partial charge in [0.2, 0.25) is 0 Å². The van der Waals surface area contributed by atoms with Crippen LogP contribution in [-0.4, -0.2) is 20.5 Å². The molecule has 2 heterocycles. The molecule has 0 spiro atoms. The van der Waals surface area contributed by atoms with Crippen LogP contribution >= 0.6 is 0 Å². The zero-order valence-corrected chi connectivity index (χ0v) is 13.8. The fourth-order valence-electron chi connectivity index (χ4n) is 2.70. The minimum Gasteiger partial charge on any atom is -0.348 e. The fraction of sp³-hybridized carbons (Fsp3) is 0.0500. The lowest BCUT2D eigenvalue weighted by Gasteiger charge is -2.06. The molecular weight excluding hydrogens is 331 g/mol. The molecule has 4 aromatic rings. The second-order valence-electron chi connectivity index (χ2n) is 5.84. The maximum absolute atomic E-state index is 12.9. The van der Waals surface area contributed by atoms with Crippen LogP contribution in [-0.2, 0) is 6.54 Å². The smallest absolute Gasteiger partial charge is 0.251 e. The summed E-state index contributed by atoms with van der Waals surface area (Å²) in [5.41, 5.74) is 2.87. The van der Waals surface area contributed by atoms with Gasteiger partial charge in [0, 0.05) is 23.9 Å². The Bertz CT molecular complexity index is 1060. The minimum absolute atomic E-state index is 0.221. The third kappa shape index (κ3) is 3.17. The highest BCUT2D eigenvalue weighted by Gasteiger charge is 2.11. The van der Waals surface area contributed by atoms with Crippen LogP contribution in [0.5, 0.6) is 0 Å². The van der Waals surface area contributed by atoms with Gasteiger partial charge in [0.15, 0.2) is 11.5 Å². The van der Waals surface area contributed by atoms with Gasteiger partial charge in [0.05, 0.1) is 0 Å². The predicted octanol–water partition coefficient (Wildman–Crippen LogP) is 3.47. The largest absolute Gasteiger partial charge is 0.348 e. The molecule has 1 amide bonds. The maximum atomic E-state index is 12.9. The second kappa shape index (κ2) is 6.76. The van der Waals surface area contributed by atoms with Crippen molar-refractivity contribution in [3.05, 3.63) is 89.9 Å². The zero-order chi connectivity index (χ0) is 17.9. The summed E-state index contributed by atoms with van der Waals surface area (Å²) in [6.45, 7) is 0.326. The molecular formula is C20H15FN4O. The summed E-state index contributed by atoms with van der Waals surface area (Å²) in [6.07, 6.45) is 1.78. The summed E-state index contributed by atoms with van der Waals surface area (Å²) in [6, 6.07) is 19.2. The van der Waals surface area contributed by atoms with Crippen LogP contribution < -0.4 is 5.32 Å². The predicted molar refractivity (Wildman–Crippen MR) is 96.0 cm³/mol. The van der Waals surface area contributed by atoms with E-state index in [1.54, 1.807) is 30.5 Å². The minimum atomic E-state index is -0.299. The van der Waals surface area contributed by atoms with Crippen molar-refractivity contribution in [2.75, 3.05) is 0 Å². The maximum Gasteiger partial charge on any atom is 0.251 e. The molecule has 26 heavy (non-hydrogen) atoms. The highest BCUT2D eigenvalue weighted by molar-refractivity contribution is 5.95. The molecule has 0 radical (unpaired) electrons. The number of pyridine rings is 1. The average Bonchev–Trinajstić information content (AvgIpc) is 3.11. The third-order valence-corrected chi connectivity index (χ3v) is 4.07. The van der Waals surface area contributed by atoms with Gasteiger partial charge in [-0.1, -0.05) is 42.5 Å². The average molecular weight is 346 g/mol. The molecule has 0 aliphatic heterocycles. The van der Waals surface area contributed by atoms with Crippen molar-refractivity contribution in [2.24, 2.45) is 0 Å². The van der Waals surface area contributed by atoms with Crippen molar-refractivity contribution in [3.63, 3.8) is 0 Å². The standard InChI is InChI=1S/C20H15FN4O/c21-17-8-6-14(7-9-17)13-22-20(26)16-10-11-25-18(12-16)23-24-19(25)15-4-2-1-3-5-15/h1-12H,13H2,(H,22,26). The molecule has 0 saturated carbocycles. The molecule has 5 nitrogen and oxygen atoms in total. The van der Waals surface area contributed by atoms with E-state index in [0.717, 1.165) is 17.0 Å². The molecule has 0 aliphatic rings. The van der Waals surface area contributed by atoms with Crippen LogP contribution in [0.15, 0.2) is 72.9 Å². The van der Waals surface area contributed by atoms with Crippen molar-refractivity contribution in [1.29, 1.82) is 0 Å². The Morgan fingerprint density at radius 3 is 2.54 bits per heavy atom. The van der Waals surface area contributed by atoms with E-state index in [1.165, 1.54) is 12.1 Å². The van der Waals surface area contributed by atoms with Gasteiger partial charge < -0.3 is 5.32 Å². The van der Waals surface area contributed by atoms with Gasteiger partial charge in [0.25, 0.3) is 5.91 Å². The number of hydrogen-bond donors (Lipinski definition) is 1. The highest BCUT2D eigenvalue weighted by atomic mass is 19.1. The molecule has 2 aromatic carbocycles. The van der Waals surface area contributed by atoms with E-state index in [0.29, 0.717) is 17.8 Å². The Morgan fingerprint density at radius 2 is 1.77 bits per heavy atom. The first-order valence-electron chi connectivity index (χ1n) is 8.13. The van der Waals surface area contributed by atoms with E-state index in [9.17, 15) is 9.18 Å². The Kier molecular flexibility index (Phi) is 4.15. The quantitative estimate of drug-likeness (QED) is 0.616. The lowest BCUT2D eigenvalue weighted by atomic mass is 10.2. The van der Waals surface area contributed by atoms with Gasteiger partial charge in [-0.05, 0) is 29.8 Å². The van der Waals surface area contributed by atoms with Gasteiger partial charge in [-0.3, -0.25) is 9.20 Å². The number of nitrogens with zero attached hydrogens (tertiary/aromatic N) is 3. The number of nitrogens with one attached hydrogen (secondary N) is 1. The van der Waals surface area contributed by atoms with Crippen LogP contribution in [0.3, 0.4) is 0 Å². The van der Waals surface area contributed by atoms with Gasteiger partial charge in [-0.15, -0.1) is 10.2 Å². The molecule has 0 fully saturated rings. The Balaban J connectivity index is 1.54. The lowest BCUT2D eigenvalue weighted by molar-refractivity contribution is 0.0951. The number of fused-ring (bicyclic) bond motifs is 1. The van der Waals surface area contributed by atoms with Crippen molar-refractivity contribution >= 4 is 11.6 Å². The molecule has 0 saturated heterocycles. The molecule has 2 aromatic heterocycles. The number of carbonyl (C=O) groups excluding carboxylic acids is 1. The van der Waals surface area contributed by atoms with Crippen LogP contribution in [0, 0.1) is 5.82 Å². The van der Waals surface area contributed by atoms with Gasteiger partial charge in [0.1, 0.15) is 5.82 Å². The molecule has 4 rings (SSSR count). The number of hydrogen-bond acceptors (Lipinski definition) is 3. The summed E-state index contributed by atoms with van der Waals surface area (Å²) in [5, 5.41) is 11.2. The topological polar surface area (TPSA) is 59.3 Å². The van der Waals surface area contributed by atoms with Gasteiger partial charge >= 0.3 is 0 Å². The van der Waals surface area contributed by atoms with E-state index in [1.807, 2.05) is 34.7 Å². The number of amides is 1. The van der Waals surface area contributed by atoms with Crippen LogP contribution in [0.25, 0.3) is 17.0 Å². The van der Waals surface area contributed by atoms with Crippen molar-refractivity contribution in [1.82, 2.24) is 19.9 Å². The van der Waals surface area contributed by atoms with E-state index >= 15 is 0 Å². The van der Waals surface area contributed by atoms with Crippen molar-refractivity contribution in [2.45, 2.75) is 6.54 Å². The van der Waals surface area contributed by atoms with Gasteiger partial charge in [-0.2, -0.15) is 0 Å². The normalized spacial score (nSPS) is 10.8. The summed E-state index contributed by atoms with van der Waals surface area (Å²) in [4.78, 5) is 12.4. The molecule has 128 valence electrons. The lowest BCUT2D eigenvalue weighted by Crippen LogP contribution is -2.22. The first-order valence-corrected chi connectivity index (χ1v) is 8.13. The van der Waals surface area contributed by atoms with Crippen LogP contribution in [0.1, 0.15) is 15.9 Å². The fourth-order valence-corrected chi connectivity index (χ4v) is 2.70. The van der Waals surface area contributed by atoms with E-state index in [-0.39, 0.29) is 11.7 Å². The summed E-state index contributed by atoms with van der Waals surface area (Å²) in [5.74, 6) is 0.200. The summed E-state index contributed by atoms with van der Waals surface area (Å²) in [7, 11) is 0. The molecule has 0 bridgehead atoms. The van der Waals surface area contributed by atoms with Crippen LogP contribution in [0.4, 0.5) is 4.39 Å². The van der Waals surface area contributed by atoms with Crippen molar-refractivity contribution < 1.29 is 9.18 Å². The van der Waals surface area contributed by atoms with E-state index in [2.05, 4.69) is 15.5 Å². The number of carbonyl (C=O) groups is 1. The monoisotopic (exact) mass is 346 g/mol. The van der Waals surface area contributed by atoms with Crippen LogP contribution in [0.2, 0.25) is 0 Å². The summed E-state index contributed by atoms with van der Waals surface area (Å²) < 4.78 is 14.8. The third-order valence-electron chi connectivity index (χ3n) is 4.07. The molecule has 0 atom stereocenters. The number of halogens is 1. The first kappa shape index (κ1) is 16.0. The highest BCUT2D eigenvalue weighted by Crippen LogP contribution is 2.18. The molecule has 1 N–H and O–H groups in total. The number of rotatable bonds is 4. The zero-order valence-electron chi connectivity index (χ0n) is 13.8.